The van der Waals surface area contributed by atoms with Crippen molar-refractivity contribution in [2.75, 3.05) is 5.73 Å². The molecule has 16 heavy (non-hydrogen) atoms. The molecule has 0 saturated carbocycles. The lowest BCUT2D eigenvalue weighted by atomic mass is 10.1. The molecule has 0 unspecified atom stereocenters. The van der Waals surface area contributed by atoms with Crippen LogP contribution in [-0.4, -0.2) is 9.55 Å². The Kier molecular flexibility index (Phi) is 2.95. The first kappa shape index (κ1) is 10.7. The van der Waals surface area contributed by atoms with Crippen LogP contribution in [-0.2, 0) is 13.0 Å². The van der Waals surface area contributed by atoms with Crippen molar-refractivity contribution in [3.8, 4) is 0 Å². The molecule has 2 N–H and O–H groups in total. The first-order chi connectivity index (χ1) is 7.65. The predicted octanol–water partition coefficient (Wildman–Crippen LogP) is 2.32. The third-order valence-electron chi connectivity index (χ3n) is 2.65. The van der Waals surface area contributed by atoms with Crippen LogP contribution in [0.1, 0.15) is 16.8 Å². The van der Waals surface area contributed by atoms with E-state index < -0.39 is 0 Å². The molecule has 0 atom stereocenters. The largest absolute Gasteiger partial charge is 0.369 e. The molecule has 0 amide bonds. The van der Waals surface area contributed by atoms with Gasteiger partial charge >= 0.3 is 0 Å². The molecule has 2 rings (SSSR count). The summed E-state index contributed by atoms with van der Waals surface area (Å²) < 4.78 is 2.00. The summed E-state index contributed by atoms with van der Waals surface area (Å²) in [7, 11) is 0. The van der Waals surface area contributed by atoms with E-state index in [1.165, 1.54) is 11.1 Å². The average molecular weight is 215 g/mol. The highest BCUT2D eigenvalue weighted by molar-refractivity contribution is 5.24. The van der Waals surface area contributed by atoms with Crippen LogP contribution in [0.3, 0.4) is 0 Å². The normalized spacial score (nSPS) is 10.6. The number of benzene rings is 1. The summed E-state index contributed by atoms with van der Waals surface area (Å²) in [5.41, 5.74) is 9.40. The second-order valence-corrected chi connectivity index (χ2v) is 4.17. The van der Waals surface area contributed by atoms with Crippen LogP contribution < -0.4 is 5.73 Å². The van der Waals surface area contributed by atoms with Crippen LogP contribution in [0, 0.1) is 13.8 Å². The van der Waals surface area contributed by atoms with Crippen molar-refractivity contribution < 1.29 is 0 Å². The summed E-state index contributed by atoms with van der Waals surface area (Å²) in [6, 6.07) is 8.55. The molecule has 84 valence electrons. The zero-order chi connectivity index (χ0) is 11.5. The van der Waals surface area contributed by atoms with Crippen molar-refractivity contribution >= 4 is 5.95 Å². The third kappa shape index (κ3) is 2.42. The number of anilines is 1. The minimum atomic E-state index is 0.602. The standard InChI is InChI=1S/C13H17N3/c1-10-4-3-5-12(8-10)6-7-16-9-11(2)15-13(16)14/h3-5,8-9H,6-7H2,1-2H3,(H2,14,15). The van der Waals surface area contributed by atoms with Gasteiger partial charge in [-0.3, -0.25) is 0 Å². The Morgan fingerprint density at radius 3 is 2.75 bits per heavy atom. The number of hydrogen-bond acceptors (Lipinski definition) is 2. The van der Waals surface area contributed by atoms with Crippen molar-refractivity contribution in [3.63, 3.8) is 0 Å². The molecule has 1 aromatic heterocycles. The highest BCUT2D eigenvalue weighted by Gasteiger charge is 2.01. The van der Waals surface area contributed by atoms with E-state index in [1.54, 1.807) is 0 Å². The van der Waals surface area contributed by atoms with Gasteiger partial charge in [-0.15, -0.1) is 0 Å². The minimum Gasteiger partial charge on any atom is -0.369 e. The Bertz CT molecular complexity index is 486. The first-order valence-electron chi connectivity index (χ1n) is 5.50. The smallest absolute Gasteiger partial charge is 0.200 e. The van der Waals surface area contributed by atoms with Gasteiger partial charge in [0.25, 0.3) is 0 Å². The van der Waals surface area contributed by atoms with Gasteiger partial charge in [0.2, 0.25) is 0 Å². The monoisotopic (exact) mass is 215 g/mol. The average Bonchev–Trinajstić information content (AvgIpc) is 2.54. The zero-order valence-electron chi connectivity index (χ0n) is 9.77. The van der Waals surface area contributed by atoms with Crippen molar-refractivity contribution in [2.45, 2.75) is 26.8 Å². The quantitative estimate of drug-likeness (QED) is 0.854. The summed E-state index contributed by atoms with van der Waals surface area (Å²) in [5, 5.41) is 0. The SMILES string of the molecule is Cc1cccc(CCn2cc(C)nc2N)c1. The molecule has 0 bridgehead atoms. The number of aryl methyl sites for hydroxylation is 4. The van der Waals surface area contributed by atoms with Crippen molar-refractivity contribution in [1.29, 1.82) is 0 Å². The van der Waals surface area contributed by atoms with E-state index >= 15 is 0 Å². The van der Waals surface area contributed by atoms with Crippen LogP contribution in [0.2, 0.25) is 0 Å². The van der Waals surface area contributed by atoms with Crippen molar-refractivity contribution in [3.05, 3.63) is 47.3 Å². The maximum atomic E-state index is 5.79. The fourth-order valence-corrected chi connectivity index (χ4v) is 1.86. The zero-order valence-corrected chi connectivity index (χ0v) is 9.77. The van der Waals surface area contributed by atoms with E-state index in [0.29, 0.717) is 5.95 Å². The molecule has 0 aliphatic carbocycles. The molecular weight excluding hydrogens is 198 g/mol. The minimum absolute atomic E-state index is 0.602. The number of rotatable bonds is 3. The molecular formula is C13H17N3. The van der Waals surface area contributed by atoms with Gasteiger partial charge in [0, 0.05) is 12.7 Å². The number of nitrogens with two attached hydrogens (primary N) is 1. The highest BCUT2D eigenvalue weighted by atomic mass is 15.1. The molecule has 0 aliphatic heterocycles. The number of aromatic nitrogens is 2. The molecule has 0 aliphatic rings. The van der Waals surface area contributed by atoms with Gasteiger partial charge in [0.1, 0.15) is 0 Å². The van der Waals surface area contributed by atoms with Crippen LogP contribution >= 0.6 is 0 Å². The number of hydrogen-bond donors (Lipinski definition) is 1. The Labute approximate surface area is 95.9 Å². The lowest BCUT2D eigenvalue weighted by Gasteiger charge is -2.05. The maximum absolute atomic E-state index is 5.79. The van der Waals surface area contributed by atoms with Gasteiger partial charge in [0.05, 0.1) is 5.69 Å². The maximum Gasteiger partial charge on any atom is 0.200 e. The van der Waals surface area contributed by atoms with Gasteiger partial charge in [-0.2, -0.15) is 0 Å². The lowest BCUT2D eigenvalue weighted by molar-refractivity contribution is 0.705. The summed E-state index contributed by atoms with van der Waals surface area (Å²) in [4.78, 5) is 4.18. The second kappa shape index (κ2) is 4.39. The molecule has 0 spiro atoms. The Morgan fingerprint density at radius 2 is 2.12 bits per heavy atom. The highest BCUT2D eigenvalue weighted by Crippen LogP contribution is 2.09. The van der Waals surface area contributed by atoms with E-state index in [2.05, 4.69) is 36.2 Å². The fourth-order valence-electron chi connectivity index (χ4n) is 1.86. The predicted molar refractivity (Wildman–Crippen MR) is 66.3 cm³/mol. The summed E-state index contributed by atoms with van der Waals surface area (Å²) in [5.74, 6) is 0.602. The number of nitrogens with zero attached hydrogens (tertiary/aromatic N) is 2. The molecule has 3 nitrogen and oxygen atoms in total. The Hall–Kier alpha value is -1.77. The van der Waals surface area contributed by atoms with Crippen LogP contribution in [0.5, 0.6) is 0 Å². The van der Waals surface area contributed by atoms with Gasteiger partial charge in [-0.05, 0) is 25.8 Å². The van der Waals surface area contributed by atoms with E-state index in [-0.39, 0.29) is 0 Å². The topological polar surface area (TPSA) is 43.8 Å². The molecule has 3 heteroatoms. The van der Waals surface area contributed by atoms with Crippen LogP contribution in [0.25, 0.3) is 0 Å². The number of nitrogen functional groups attached to an aromatic ring is 1. The lowest BCUT2D eigenvalue weighted by Crippen LogP contribution is -2.04. The van der Waals surface area contributed by atoms with Crippen LogP contribution in [0.15, 0.2) is 30.5 Å². The number of imidazole rings is 1. The molecule has 0 saturated heterocycles. The van der Waals surface area contributed by atoms with E-state index in [4.69, 9.17) is 5.73 Å². The molecule has 1 aromatic carbocycles. The first-order valence-corrected chi connectivity index (χ1v) is 5.50. The molecule has 0 radical (unpaired) electrons. The third-order valence-corrected chi connectivity index (χ3v) is 2.65. The van der Waals surface area contributed by atoms with Crippen LogP contribution in [0.4, 0.5) is 5.95 Å². The van der Waals surface area contributed by atoms with E-state index in [0.717, 1.165) is 18.7 Å². The van der Waals surface area contributed by atoms with E-state index in [1.807, 2.05) is 17.7 Å². The Morgan fingerprint density at radius 1 is 1.31 bits per heavy atom. The summed E-state index contributed by atoms with van der Waals surface area (Å²) in [6.45, 7) is 4.95. The van der Waals surface area contributed by atoms with Gasteiger partial charge in [-0.25, -0.2) is 4.98 Å². The Balaban J connectivity index is 2.05. The van der Waals surface area contributed by atoms with Gasteiger partial charge in [0.15, 0.2) is 5.95 Å². The molecule has 1 heterocycles. The summed E-state index contributed by atoms with van der Waals surface area (Å²) >= 11 is 0. The van der Waals surface area contributed by atoms with Crippen molar-refractivity contribution in [2.24, 2.45) is 0 Å². The molecule has 2 aromatic rings. The van der Waals surface area contributed by atoms with E-state index in [9.17, 15) is 0 Å². The second-order valence-electron chi connectivity index (χ2n) is 4.17. The molecule has 0 fully saturated rings. The van der Waals surface area contributed by atoms with Gasteiger partial charge < -0.3 is 10.3 Å². The summed E-state index contributed by atoms with van der Waals surface area (Å²) in [6.07, 6.45) is 2.98. The fraction of sp³-hybridized carbons (Fsp3) is 0.308. The van der Waals surface area contributed by atoms with Gasteiger partial charge in [-0.1, -0.05) is 29.8 Å². The van der Waals surface area contributed by atoms with Crippen molar-refractivity contribution in [1.82, 2.24) is 9.55 Å².